The van der Waals surface area contributed by atoms with Crippen LogP contribution in [0.15, 0.2) is 0 Å². The Labute approximate surface area is 85.0 Å². The van der Waals surface area contributed by atoms with E-state index in [2.05, 4.69) is 17.1 Å². The third-order valence-corrected chi connectivity index (χ3v) is 4.47. The third-order valence-electron chi connectivity index (χ3n) is 3.15. The standard InChI is InChI=1S/C10H20N2S/c11-9-4-3-8(6-9)7-12-10-2-1-5-13-10/h8-10,12H,1-7,11H2. The van der Waals surface area contributed by atoms with Crippen molar-refractivity contribution < 1.29 is 0 Å². The highest BCUT2D eigenvalue weighted by Gasteiger charge is 2.23. The SMILES string of the molecule is NC1CCC(CNC2CCCS2)C1. The van der Waals surface area contributed by atoms with Crippen molar-refractivity contribution in [2.24, 2.45) is 11.7 Å². The Morgan fingerprint density at radius 2 is 2.23 bits per heavy atom. The van der Waals surface area contributed by atoms with Gasteiger partial charge in [-0.1, -0.05) is 0 Å². The molecule has 0 aromatic carbocycles. The highest BCUT2D eigenvalue weighted by Crippen LogP contribution is 2.26. The molecule has 0 radical (unpaired) electrons. The van der Waals surface area contributed by atoms with Crippen LogP contribution in [0.25, 0.3) is 0 Å². The molecule has 76 valence electrons. The Morgan fingerprint density at radius 1 is 1.31 bits per heavy atom. The van der Waals surface area contributed by atoms with Gasteiger partial charge in [0.2, 0.25) is 0 Å². The molecule has 0 aromatic rings. The number of nitrogens with one attached hydrogen (secondary N) is 1. The van der Waals surface area contributed by atoms with Crippen LogP contribution in [-0.4, -0.2) is 23.7 Å². The molecule has 0 bridgehead atoms. The number of hydrogen-bond acceptors (Lipinski definition) is 3. The van der Waals surface area contributed by atoms with E-state index in [4.69, 9.17) is 5.73 Å². The Kier molecular flexibility index (Phi) is 3.52. The quantitative estimate of drug-likeness (QED) is 0.726. The molecule has 0 spiro atoms. The maximum atomic E-state index is 5.88. The summed E-state index contributed by atoms with van der Waals surface area (Å²) in [7, 11) is 0. The molecule has 1 saturated heterocycles. The van der Waals surface area contributed by atoms with Gasteiger partial charge in [0, 0.05) is 6.04 Å². The second-order valence-electron chi connectivity index (χ2n) is 4.35. The van der Waals surface area contributed by atoms with E-state index in [0.717, 1.165) is 11.3 Å². The number of rotatable bonds is 3. The first kappa shape index (κ1) is 9.81. The van der Waals surface area contributed by atoms with Gasteiger partial charge in [0.05, 0.1) is 5.37 Å². The fraction of sp³-hybridized carbons (Fsp3) is 1.00. The zero-order valence-corrected chi connectivity index (χ0v) is 8.98. The second kappa shape index (κ2) is 4.67. The normalized spacial score (nSPS) is 39.9. The molecule has 13 heavy (non-hydrogen) atoms. The van der Waals surface area contributed by atoms with Crippen LogP contribution in [-0.2, 0) is 0 Å². The van der Waals surface area contributed by atoms with Gasteiger partial charge in [-0.15, -0.1) is 11.8 Å². The second-order valence-corrected chi connectivity index (χ2v) is 5.66. The van der Waals surface area contributed by atoms with Gasteiger partial charge in [-0.3, -0.25) is 0 Å². The van der Waals surface area contributed by atoms with E-state index in [0.29, 0.717) is 6.04 Å². The predicted octanol–water partition coefficient (Wildman–Crippen LogP) is 1.56. The van der Waals surface area contributed by atoms with E-state index in [1.165, 1.54) is 44.4 Å². The maximum Gasteiger partial charge on any atom is 0.0532 e. The molecule has 2 nitrogen and oxygen atoms in total. The van der Waals surface area contributed by atoms with Crippen LogP contribution in [0.5, 0.6) is 0 Å². The third kappa shape index (κ3) is 2.86. The van der Waals surface area contributed by atoms with Gasteiger partial charge in [-0.05, 0) is 50.3 Å². The Morgan fingerprint density at radius 3 is 2.85 bits per heavy atom. The average molecular weight is 200 g/mol. The number of hydrogen-bond donors (Lipinski definition) is 2. The minimum atomic E-state index is 0.489. The summed E-state index contributed by atoms with van der Waals surface area (Å²) in [5.74, 6) is 2.21. The van der Waals surface area contributed by atoms with Crippen LogP contribution in [0.2, 0.25) is 0 Å². The van der Waals surface area contributed by atoms with Crippen LogP contribution in [0.4, 0.5) is 0 Å². The lowest BCUT2D eigenvalue weighted by Gasteiger charge is -2.15. The van der Waals surface area contributed by atoms with Crippen LogP contribution < -0.4 is 11.1 Å². The molecule has 0 aromatic heterocycles. The molecule has 3 heteroatoms. The van der Waals surface area contributed by atoms with Gasteiger partial charge in [-0.25, -0.2) is 0 Å². The summed E-state index contributed by atoms with van der Waals surface area (Å²) in [5.41, 5.74) is 5.88. The summed E-state index contributed by atoms with van der Waals surface area (Å²) in [6.07, 6.45) is 6.58. The molecule has 1 aliphatic carbocycles. The fourth-order valence-electron chi connectivity index (χ4n) is 2.34. The molecule has 3 unspecified atom stereocenters. The molecule has 3 atom stereocenters. The van der Waals surface area contributed by atoms with Gasteiger partial charge < -0.3 is 11.1 Å². The topological polar surface area (TPSA) is 38.0 Å². The minimum Gasteiger partial charge on any atom is -0.328 e. The van der Waals surface area contributed by atoms with E-state index in [-0.39, 0.29) is 0 Å². The van der Waals surface area contributed by atoms with Crippen molar-refractivity contribution in [2.45, 2.75) is 43.5 Å². The first-order valence-corrected chi connectivity index (χ1v) is 6.50. The van der Waals surface area contributed by atoms with Gasteiger partial charge >= 0.3 is 0 Å². The molecular weight excluding hydrogens is 180 g/mol. The summed E-state index contributed by atoms with van der Waals surface area (Å²) in [6.45, 7) is 1.20. The monoisotopic (exact) mass is 200 g/mol. The smallest absolute Gasteiger partial charge is 0.0532 e. The number of thioether (sulfide) groups is 1. The van der Waals surface area contributed by atoms with E-state index in [9.17, 15) is 0 Å². The number of nitrogens with two attached hydrogens (primary N) is 1. The highest BCUT2D eigenvalue weighted by atomic mass is 32.2. The highest BCUT2D eigenvalue weighted by molar-refractivity contribution is 8.00. The van der Waals surface area contributed by atoms with Crippen molar-refractivity contribution in [2.75, 3.05) is 12.3 Å². The first-order chi connectivity index (χ1) is 6.34. The van der Waals surface area contributed by atoms with Gasteiger partial charge in [-0.2, -0.15) is 0 Å². The molecule has 1 saturated carbocycles. The molecule has 1 aliphatic heterocycles. The zero-order valence-electron chi connectivity index (χ0n) is 8.17. The molecule has 2 aliphatic rings. The lowest BCUT2D eigenvalue weighted by atomic mass is 10.1. The Balaban J connectivity index is 1.62. The maximum absolute atomic E-state index is 5.88. The average Bonchev–Trinajstić information content (AvgIpc) is 2.71. The van der Waals surface area contributed by atoms with Crippen molar-refractivity contribution in [3.63, 3.8) is 0 Å². The van der Waals surface area contributed by atoms with Gasteiger partial charge in [0.15, 0.2) is 0 Å². The van der Waals surface area contributed by atoms with Crippen molar-refractivity contribution in [1.82, 2.24) is 5.32 Å². The first-order valence-electron chi connectivity index (χ1n) is 5.45. The fourth-order valence-corrected chi connectivity index (χ4v) is 3.50. The van der Waals surface area contributed by atoms with E-state index in [1.54, 1.807) is 0 Å². The van der Waals surface area contributed by atoms with E-state index in [1.807, 2.05) is 0 Å². The van der Waals surface area contributed by atoms with Crippen LogP contribution in [0.3, 0.4) is 0 Å². The minimum absolute atomic E-state index is 0.489. The molecule has 0 amide bonds. The van der Waals surface area contributed by atoms with Gasteiger partial charge in [0.25, 0.3) is 0 Å². The summed E-state index contributed by atoms with van der Waals surface area (Å²) in [6, 6.07) is 0.489. The summed E-state index contributed by atoms with van der Waals surface area (Å²) in [5, 5.41) is 4.40. The Bertz CT molecular complexity index is 157. The van der Waals surface area contributed by atoms with Crippen LogP contribution in [0.1, 0.15) is 32.1 Å². The van der Waals surface area contributed by atoms with Crippen molar-refractivity contribution in [1.29, 1.82) is 0 Å². The predicted molar refractivity (Wildman–Crippen MR) is 58.8 cm³/mol. The lowest BCUT2D eigenvalue weighted by Crippen LogP contribution is -2.29. The van der Waals surface area contributed by atoms with Crippen molar-refractivity contribution in [3.05, 3.63) is 0 Å². The molecule has 1 heterocycles. The summed E-state index contributed by atoms with van der Waals surface area (Å²) >= 11 is 2.08. The van der Waals surface area contributed by atoms with E-state index >= 15 is 0 Å². The van der Waals surface area contributed by atoms with Crippen molar-refractivity contribution >= 4 is 11.8 Å². The van der Waals surface area contributed by atoms with Crippen LogP contribution in [0, 0.1) is 5.92 Å². The lowest BCUT2D eigenvalue weighted by molar-refractivity contribution is 0.470. The largest absolute Gasteiger partial charge is 0.328 e. The zero-order chi connectivity index (χ0) is 9.10. The summed E-state index contributed by atoms with van der Waals surface area (Å²) < 4.78 is 0. The molecular formula is C10H20N2S. The Hall–Kier alpha value is 0.270. The van der Waals surface area contributed by atoms with E-state index < -0.39 is 0 Å². The molecule has 3 N–H and O–H groups in total. The van der Waals surface area contributed by atoms with Gasteiger partial charge in [0.1, 0.15) is 0 Å². The molecule has 2 fully saturated rings. The summed E-state index contributed by atoms with van der Waals surface area (Å²) in [4.78, 5) is 0. The van der Waals surface area contributed by atoms with Crippen molar-refractivity contribution in [3.8, 4) is 0 Å². The van der Waals surface area contributed by atoms with Crippen LogP contribution >= 0.6 is 11.8 Å². The molecule has 2 rings (SSSR count).